The molecule has 0 saturated carbocycles. The molecular weight excluding hydrogens is 406 g/mol. The molecule has 0 atom stereocenters. The minimum absolute atomic E-state index is 0.00825. The molecule has 0 bridgehead atoms. The average molecular weight is 428 g/mol. The van der Waals surface area contributed by atoms with E-state index in [9.17, 15) is 9.59 Å². The highest BCUT2D eigenvalue weighted by molar-refractivity contribution is 7.22. The molecule has 2 amide bonds. The lowest BCUT2D eigenvalue weighted by Crippen LogP contribution is -2.44. The maximum atomic E-state index is 13.2. The number of carbonyl (C=O) groups excluding carboxylic acids is 2. The third-order valence-corrected chi connectivity index (χ3v) is 6.63. The molecule has 0 aliphatic carbocycles. The van der Waals surface area contributed by atoms with Gasteiger partial charge >= 0.3 is 0 Å². The lowest BCUT2D eigenvalue weighted by molar-refractivity contribution is -0.123. The predicted octanol–water partition coefficient (Wildman–Crippen LogP) is 4.86. The van der Waals surface area contributed by atoms with Crippen LogP contribution in [0.25, 0.3) is 10.2 Å². The summed E-state index contributed by atoms with van der Waals surface area (Å²) in [6, 6.07) is 14.9. The van der Waals surface area contributed by atoms with E-state index in [0.29, 0.717) is 43.1 Å². The molecule has 150 valence electrons. The third kappa shape index (κ3) is 4.14. The molecule has 7 heteroatoms. The molecule has 1 aliphatic rings. The van der Waals surface area contributed by atoms with Gasteiger partial charge in [0.15, 0.2) is 5.13 Å². The standard InChI is InChI=1S/C22H22ClN3O2S/c1-2-26(22-24-18-5-3-4-6-19(18)29-22)21(28)16-11-13-25(14-12-16)20(27)15-7-9-17(23)10-8-15/h3-10,16H,2,11-14H2,1H3. The van der Waals surface area contributed by atoms with Gasteiger partial charge in [-0.05, 0) is 56.2 Å². The van der Waals surface area contributed by atoms with Crippen LogP contribution in [0, 0.1) is 5.92 Å². The van der Waals surface area contributed by atoms with Crippen LogP contribution < -0.4 is 4.90 Å². The summed E-state index contributed by atoms with van der Waals surface area (Å²) < 4.78 is 1.08. The van der Waals surface area contributed by atoms with Crippen molar-refractivity contribution in [2.24, 2.45) is 5.92 Å². The number of likely N-dealkylation sites (tertiary alicyclic amines) is 1. The number of rotatable bonds is 4. The van der Waals surface area contributed by atoms with E-state index < -0.39 is 0 Å². The molecule has 3 aromatic rings. The first kappa shape index (κ1) is 19.9. The fraction of sp³-hybridized carbons (Fsp3) is 0.318. The molecule has 0 radical (unpaired) electrons. The summed E-state index contributed by atoms with van der Waals surface area (Å²) in [5.41, 5.74) is 1.55. The Hall–Kier alpha value is -2.44. The Balaban J connectivity index is 1.42. The Morgan fingerprint density at radius 3 is 2.48 bits per heavy atom. The number of amides is 2. The zero-order valence-electron chi connectivity index (χ0n) is 16.2. The number of hydrogen-bond donors (Lipinski definition) is 0. The summed E-state index contributed by atoms with van der Waals surface area (Å²) >= 11 is 7.45. The first-order valence-corrected chi connectivity index (χ1v) is 11.0. The smallest absolute Gasteiger partial charge is 0.253 e. The van der Waals surface area contributed by atoms with E-state index >= 15 is 0 Å². The third-order valence-electron chi connectivity index (χ3n) is 5.32. The maximum Gasteiger partial charge on any atom is 0.253 e. The monoisotopic (exact) mass is 427 g/mol. The van der Waals surface area contributed by atoms with Gasteiger partial charge in [0.05, 0.1) is 10.2 Å². The van der Waals surface area contributed by atoms with Crippen LogP contribution in [-0.2, 0) is 4.79 Å². The molecule has 4 rings (SSSR count). The number of hydrogen-bond acceptors (Lipinski definition) is 4. The number of carbonyl (C=O) groups is 2. The number of benzene rings is 2. The second kappa shape index (κ2) is 8.51. The van der Waals surface area contributed by atoms with E-state index in [1.807, 2.05) is 36.1 Å². The van der Waals surface area contributed by atoms with Crippen LogP contribution in [0.3, 0.4) is 0 Å². The first-order valence-electron chi connectivity index (χ1n) is 9.78. The molecule has 1 fully saturated rings. The Kier molecular flexibility index (Phi) is 5.83. The maximum absolute atomic E-state index is 13.2. The zero-order valence-corrected chi connectivity index (χ0v) is 17.7. The van der Waals surface area contributed by atoms with Gasteiger partial charge in [0.25, 0.3) is 5.91 Å². The van der Waals surface area contributed by atoms with Crippen LogP contribution in [0.5, 0.6) is 0 Å². The fourth-order valence-electron chi connectivity index (χ4n) is 3.69. The predicted molar refractivity (Wildman–Crippen MR) is 118 cm³/mol. The Bertz CT molecular complexity index is 993. The number of halogens is 1. The molecule has 0 unspecified atom stereocenters. The minimum Gasteiger partial charge on any atom is -0.339 e. The molecular formula is C22H22ClN3O2S. The van der Waals surface area contributed by atoms with Gasteiger partial charge < -0.3 is 4.90 Å². The lowest BCUT2D eigenvalue weighted by Gasteiger charge is -2.33. The summed E-state index contributed by atoms with van der Waals surface area (Å²) in [4.78, 5) is 34.1. The Morgan fingerprint density at radius 1 is 1.14 bits per heavy atom. The Morgan fingerprint density at radius 2 is 1.83 bits per heavy atom. The summed E-state index contributed by atoms with van der Waals surface area (Å²) in [5.74, 6) is 0.00691. The van der Waals surface area contributed by atoms with Crippen LogP contribution in [0.2, 0.25) is 5.02 Å². The van der Waals surface area contributed by atoms with E-state index in [4.69, 9.17) is 11.6 Å². The number of para-hydroxylation sites is 1. The molecule has 0 N–H and O–H groups in total. The van der Waals surface area contributed by atoms with Crippen molar-refractivity contribution in [2.75, 3.05) is 24.5 Å². The van der Waals surface area contributed by atoms with Gasteiger partial charge in [0.2, 0.25) is 5.91 Å². The van der Waals surface area contributed by atoms with Crippen LogP contribution in [-0.4, -0.2) is 41.3 Å². The Labute approximate surface area is 178 Å². The molecule has 29 heavy (non-hydrogen) atoms. The van der Waals surface area contributed by atoms with Gasteiger partial charge in [0.1, 0.15) is 0 Å². The summed E-state index contributed by atoms with van der Waals surface area (Å²) in [6.07, 6.45) is 1.33. The highest BCUT2D eigenvalue weighted by Gasteiger charge is 2.31. The van der Waals surface area contributed by atoms with Crippen molar-refractivity contribution >= 4 is 50.1 Å². The number of fused-ring (bicyclic) bond motifs is 1. The lowest BCUT2D eigenvalue weighted by atomic mass is 9.95. The van der Waals surface area contributed by atoms with E-state index in [2.05, 4.69) is 4.98 Å². The summed E-state index contributed by atoms with van der Waals surface area (Å²) in [6.45, 7) is 3.72. The number of piperidine rings is 1. The molecule has 2 heterocycles. The van der Waals surface area contributed by atoms with Crippen molar-refractivity contribution in [1.29, 1.82) is 0 Å². The normalized spacial score (nSPS) is 14.9. The highest BCUT2D eigenvalue weighted by Crippen LogP contribution is 2.31. The number of aromatic nitrogens is 1. The topological polar surface area (TPSA) is 53.5 Å². The first-order chi connectivity index (χ1) is 14.1. The zero-order chi connectivity index (χ0) is 20.4. The second-order valence-electron chi connectivity index (χ2n) is 7.12. The van der Waals surface area contributed by atoms with Gasteiger partial charge in [-0.15, -0.1) is 0 Å². The minimum atomic E-state index is -0.0868. The van der Waals surface area contributed by atoms with Gasteiger partial charge in [-0.2, -0.15) is 0 Å². The molecule has 0 spiro atoms. The van der Waals surface area contributed by atoms with Crippen molar-refractivity contribution in [2.45, 2.75) is 19.8 Å². The quantitative estimate of drug-likeness (QED) is 0.597. The molecule has 1 saturated heterocycles. The van der Waals surface area contributed by atoms with E-state index in [1.165, 1.54) is 0 Å². The van der Waals surface area contributed by atoms with Gasteiger partial charge in [-0.25, -0.2) is 4.98 Å². The average Bonchev–Trinajstić information content (AvgIpc) is 3.18. The molecule has 2 aromatic carbocycles. The largest absolute Gasteiger partial charge is 0.339 e. The SMILES string of the molecule is CCN(C(=O)C1CCN(C(=O)c2ccc(Cl)cc2)CC1)c1nc2ccccc2s1. The van der Waals surface area contributed by atoms with Crippen LogP contribution in [0.1, 0.15) is 30.1 Å². The van der Waals surface area contributed by atoms with Crippen molar-refractivity contribution in [1.82, 2.24) is 9.88 Å². The van der Waals surface area contributed by atoms with E-state index in [1.54, 1.807) is 40.5 Å². The van der Waals surface area contributed by atoms with Crippen LogP contribution >= 0.6 is 22.9 Å². The van der Waals surface area contributed by atoms with Crippen LogP contribution in [0.4, 0.5) is 5.13 Å². The molecule has 1 aromatic heterocycles. The van der Waals surface area contributed by atoms with Crippen LogP contribution in [0.15, 0.2) is 48.5 Å². The van der Waals surface area contributed by atoms with Crippen molar-refractivity contribution in [3.05, 3.63) is 59.1 Å². The van der Waals surface area contributed by atoms with E-state index in [0.717, 1.165) is 15.3 Å². The number of anilines is 1. The molecule has 1 aliphatic heterocycles. The van der Waals surface area contributed by atoms with Gasteiger partial charge in [0, 0.05) is 36.1 Å². The summed E-state index contributed by atoms with van der Waals surface area (Å²) in [7, 11) is 0. The summed E-state index contributed by atoms with van der Waals surface area (Å²) in [5, 5.41) is 1.36. The van der Waals surface area contributed by atoms with Crippen molar-refractivity contribution < 1.29 is 9.59 Å². The van der Waals surface area contributed by atoms with Gasteiger partial charge in [-0.3, -0.25) is 14.5 Å². The van der Waals surface area contributed by atoms with E-state index in [-0.39, 0.29) is 17.7 Å². The highest BCUT2D eigenvalue weighted by atomic mass is 35.5. The number of thiazole rings is 1. The fourth-order valence-corrected chi connectivity index (χ4v) is 4.85. The van der Waals surface area contributed by atoms with Crippen molar-refractivity contribution in [3.8, 4) is 0 Å². The number of nitrogens with zero attached hydrogens (tertiary/aromatic N) is 3. The second-order valence-corrected chi connectivity index (χ2v) is 8.57. The van der Waals surface area contributed by atoms with Gasteiger partial charge in [-0.1, -0.05) is 35.1 Å². The van der Waals surface area contributed by atoms with Crippen molar-refractivity contribution in [3.63, 3.8) is 0 Å². The molecule has 5 nitrogen and oxygen atoms in total.